The molecule has 1 heterocycles. The first-order valence-corrected chi connectivity index (χ1v) is 6.55. The number of alkyl halides is 3. The van der Waals surface area contributed by atoms with Gasteiger partial charge in [-0.15, -0.1) is 0 Å². The molecule has 0 aliphatic rings. The molecule has 0 saturated heterocycles. The van der Waals surface area contributed by atoms with Gasteiger partial charge in [0.05, 0.1) is 16.7 Å². The lowest BCUT2D eigenvalue weighted by molar-refractivity contribution is -0.137. The Morgan fingerprint density at radius 3 is 2.50 bits per heavy atom. The first-order chi connectivity index (χ1) is 10.3. The number of hydrogen-bond donors (Lipinski definition) is 0. The highest BCUT2D eigenvalue weighted by atomic mass is 35.5. The number of rotatable bonds is 3. The molecule has 0 fully saturated rings. The fourth-order valence-electron chi connectivity index (χ4n) is 2.06. The molecule has 2 nitrogen and oxygen atoms in total. The van der Waals surface area contributed by atoms with Gasteiger partial charge in [-0.05, 0) is 35.9 Å². The first-order valence-electron chi connectivity index (χ1n) is 6.17. The third kappa shape index (κ3) is 3.74. The van der Waals surface area contributed by atoms with Crippen LogP contribution in [0.15, 0.2) is 36.5 Å². The molecule has 1 aromatic heterocycles. The minimum absolute atomic E-state index is 0.0451. The summed E-state index contributed by atoms with van der Waals surface area (Å²) in [6, 6.07) is 7.13. The standard InChI is InChI=1S/C15H9ClF4N2/c16-11-1-2-14(22-8-11)13(3-4-21)9-5-10(15(18,19)20)7-12(17)6-9/h1-2,5-8,13H,3H2/t13-/m0/s1. The second-order valence-corrected chi connectivity index (χ2v) is 5.02. The maximum atomic E-state index is 13.5. The molecule has 2 aromatic rings. The van der Waals surface area contributed by atoms with Crippen molar-refractivity contribution < 1.29 is 17.6 Å². The summed E-state index contributed by atoms with van der Waals surface area (Å²) in [6.07, 6.45) is -3.47. The van der Waals surface area contributed by atoms with E-state index >= 15 is 0 Å². The van der Waals surface area contributed by atoms with Gasteiger partial charge in [0.15, 0.2) is 0 Å². The van der Waals surface area contributed by atoms with Gasteiger partial charge in [0.1, 0.15) is 5.82 Å². The summed E-state index contributed by atoms with van der Waals surface area (Å²) in [7, 11) is 0. The van der Waals surface area contributed by atoms with Crippen LogP contribution in [0.4, 0.5) is 17.6 Å². The molecule has 0 N–H and O–H groups in total. The Morgan fingerprint density at radius 1 is 1.23 bits per heavy atom. The molecule has 0 amide bonds. The maximum Gasteiger partial charge on any atom is 0.416 e. The number of nitrogens with zero attached hydrogens (tertiary/aromatic N) is 2. The number of nitriles is 1. The fraction of sp³-hybridized carbons (Fsp3) is 0.200. The lowest BCUT2D eigenvalue weighted by atomic mass is 9.91. The normalized spacial score (nSPS) is 12.7. The zero-order chi connectivity index (χ0) is 16.3. The summed E-state index contributed by atoms with van der Waals surface area (Å²) in [4.78, 5) is 4.01. The summed E-state index contributed by atoms with van der Waals surface area (Å²) in [6.45, 7) is 0. The Bertz CT molecular complexity index is 705. The van der Waals surface area contributed by atoms with E-state index in [-0.39, 0.29) is 12.0 Å². The minimum Gasteiger partial charge on any atom is -0.259 e. The molecule has 1 atom stereocenters. The van der Waals surface area contributed by atoms with Crippen LogP contribution in [0.2, 0.25) is 5.02 Å². The number of halogens is 5. The topological polar surface area (TPSA) is 36.7 Å². The Labute approximate surface area is 129 Å². The molecule has 0 spiro atoms. The van der Waals surface area contributed by atoms with Crippen molar-refractivity contribution in [2.45, 2.75) is 18.5 Å². The van der Waals surface area contributed by atoms with Gasteiger partial charge in [-0.2, -0.15) is 18.4 Å². The fourth-order valence-corrected chi connectivity index (χ4v) is 2.17. The largest absolute Gasteiger partial charge is 0.416 e. The third-order valence-electron chi connectivity index (χ3n) is 3.05. The Morgan fingerprint density at radius 2 is 1.95 bits per heavy atom. The van der Waals surface area contributed by atoms with E-state index in [1.807, 2.05) is 6.07 Å². The van der Waals surface area contributed by atoms with E-state index in [0.717, 1.165) is 12.1 Å². The van der Waals surface area contributed by atoms with Crippen LogP contribution < -0.4 is 0 Å². The van der Waals surface area contributed by atoms with Gasteiger partial charge in [-0.3, -0.25) is 4.98 Å². The van der Waals surface area contributed by atoms with E-state index < -0.39 is 23.5 Å². The van der Waals surface area contributed by atoms with Crippen LogP contribution in [0, 0.1) is 17.1 Å². The van der Waals surface area contributed by atoms with Crippen LogP contribution in [0.1, 0.15) is 29.2 Å². The van der Waals surface area contributed by atoms with E-state index in [2.05, 4.69) is 4.98 Å². The molecule has 2 rings (SSSR count). The molecule has 0 radical (unpaired) electrons. The van der Waals surface area contributed by atoms with Crippen molar-refractivity contribution in [1.82, 2.24) is 4.98 Å². The van der Waals surface area contributed by atoms with Gasteiger partial charge in [0.2, 0.25) is 0 Å². The Hall–Kier alpha value is -2.13. The third-order valence-corrected chi connectivity index (χ3v) is 3.28. The van der Waals surface area contributed by atoms with Crippen LogP contribution >= 0.6 is 11.6 Å². The van der Waals surface area contributed by atoms with Crippen LogP contribution in [0.3, 0.4) is 0 Å². The van der Waals surface area contributed by atoms with E-state index in [0.29, 0.717) is 16.8 Å². The van der Waals surface area contributed by atoms with Crippen molar-refractivity contribution >= 4 is 11.6 Å². The highest BCUT2D eigenvalue weighted by Crippen LogP contribution is 2.34. The quantitative estimate of drug-likeness (QED) is 0.748. The molecule has 1 aromatic carbocycles. The van der Waals surface area contributed by atoms with Crippen LogP contribution in [0.25, 0.3) is 0 Å². The highest BCUT2D eigenvalue weighted by molar-refractivity contribution is 6.30. The van der Waals surface area contributed by atoms with Gasteiger partial charge in [-0.1, -0.05) is 11.6 Å². The van der Waals surface area contributed by atoms with Gasteiger partial charge in [-0.25, -0.2) is 4.39 Å². The summed E-state index contributed by atoms with van der Waals surface area (Å²) >= 11 is 5.71. The van der Waals surface area contributed by atoms with Crippen LogP contribution in [0.5, 0.6) is 0 Å². The van der Waals surface area contributed by atoms with Gasteiger partial charge >= 0.3 is 6.18 Å². The minimum atomic E-state index is -4.67. The molecular formula is C15H9ClF4N2. The maximum absolute atomic E-state index is 13.5. The van der Waals surface area contributed by atoms with Crippen molar-refractivity contribution in [3.8, 4) is 6.07 Å². The van der Waals surface area contributed by atoms with Crippen molar-refractivity contribution in [2.24, 2.45) is 0 Å². The highest BCUT2D eigenvalue weighted by Gasteiger charge is 2.32. The van der Waals surface area contributed by atoms with Crippen LogP contribution in [-0.2, 0) is 6.18 Å². The first kappa shape index (κ1) is 16.2. The molecule has 7 heteroatoms. The summed E-state index contributed by atoms with van der Waals surface area (Å²) in [5.41, 5.74) is -0.701. The van der Waals surface area contributed by atoms with Crippen LogP contribution in [-0.4, -0.2) is 4.98 Å². The number of benzene rings is 1. The second-order valence-electron chi connectivity index (χ2n) is 4.59. The van der Waals surface area contributed by atoms with E-state index in [4.69, 9.17) is 16.9 Å². The molecule has 0 aliphatic heterocycles. The van der Waals surface area contributed by atoms with E-state index in [9.17, 15) is 17.6 Å². The van der Waals surface area contributed by atoms with Gasteiger partial charge in [0.25, 0.3) is 0 Å². The smallest absolute Gasteiger partial charge is 0.259 e. The Balaban J connectivity index is 2.51. The second kappa shape index (κ2) is 6.32. The van der Waals surface area contributed by atoms with Gasteiger partial charge < -0.3 is 0 Å². The SMILES string of the molecule is N#CC[C@@H](c1cc(F)cc(C(F)(F)F)c1)c1ccc(Cl)cn1. The summed E-state index contributed by atoms with van der Waals surface area (Å²) in [5, 5.41) is 9.25. The van der Waals surface area contributed by atoms with Gasteiger partial charge in [0, 0.05) is 24.2 Å². The average Bonchev–Trinajstić information content (AvgIpc) is 2.44. The molecule has 0 unspecified atom stereocenters. The summed E-state index contributed by atoms with van der Waals surface area (Å²) < 4.78 is 51.9. The monoisotopic (exact) mass is 328 g/mol. The molecule has 0 saturated carbocycles. The lowest BCUT2D eigenvalue weighted by Gasteiger charge is -2.16. The van der Waals surface area contributed by atoms with E-state index in [1.165, 1.54) is 18.3 Å². The molecule has 0 aliphatic carbocycles. The van der Waals surface area contributed by atoms with Crippen molar-refractivity contribution in [2.75, 3.05) is 0 Å². The molecule has 22 heavy (non-hydrogen) atoms. The predicted octanol–water partition coefficient (Wildman–Crippen LogP) is 4.94. The zero-order valence-electron chi connectivity index (χ0n) is 11.0. The zero-order valence-corrected chi connectivity index (χ0v) is 11.8. The number of hydrogen-bond acceptors (Lipinski definition) is 2. The predicted molar refractivity (Wildman–Crippen MR) is 72.7 cm³/mol. The van der Waals surface area contributed by atoms with Crippen molar-refractivity contribution in [3.63, 3.8) is 0 Å². The average molecular weight is 329 g/mol. The number of aromatic nitrogens is 1. The molecular weight excluding hydrogens is 320 g/mol. The Kier molecular flexibility index (Phi) is 4.67. The lowest BCUT2D eigenvalue weighted by Crippen LogP contribution is -2.09. The number of pyridine rings is 1. The molecule has 114 valence electrons. The van der Waals surface area contributed by atoms with Crippen molar-refractivity contribution in [3.05, 3.63) is 64.2 Å². The van der Waals surface area contributed by atoms with Crippen molar-refractivity contribution in [1.29, 1.82) is 5.26 Å². The molecule has 0 bridgehead atoms. The van der Waals surface area contributed by atoms with E-state index in [1.54, 1.807) is 0 Å². The summed E-state index contributed by atoms with van der Waals surface area (Å²) in [5.74, 6) is -1.78.